The molecule has 1 unspecified atom stereocenters. The van der Waals surface area contributed by atoms with E-state index >= 15 is 0 Å². The number of benzene rings is 1. The van der Waals surface area contributed by atoms with E-state index in [1.54, 1.807) is 11.0 Å². The molecule has 5 heteroatoms. The lowest BCUT2D eigenvalue weighted by Crippen LogP contribution is -2.44. The van der Waals surface area contributed by atoms with Crippen molar-refractivity contribution in [3.05, 3.63) is 32.4 Å². The van der Waals surface area contributed by atoms with Crippen LogP contribution in [0, 0.1) is 3.57 Å². The minimum atomic E-state index is 0.0330. The van der Waals surface area contributed by atoms with Gasteiger partial charge >= 0.3 is 0 Å². The van der Waals surface area contributed by atoms with Crippen LogP contribution in [0.4, 0.5) is 0 Å². The largest absolute Gasteiger partial charge is 0.340 e. The summed E-state index contributed by atoms with van der Waals surface area (Å²) >= 11 is 8.22. The van der Waals surface area contributed by atoms with Gasteiger partial charge < -0.3 is 10.2 Å². The quantitative estimate of drug-likeness (QED) is 0.802. The van der Waals surface area contributed by atoms with E-state index in [9.17, 15) is 4.79 Å². The molecule has 0 spiro atoms. The Balaban J connectivity index is 1.99. The first-order valence-corrected chi connectivity index (χ1v) is 7.97. The second-order valence-electron chi connectivity index (χ2n) is 4.96. The lowest BCUT2D eigenvalue weighted by atomic mass is 10.0. The van der Waals surface area contributed by atoms with Gasteiger partial charge in [0.1, 0.15) is 0 Å². The summed E-state index contributed by atoms with van der Waals surface area (Å²) in [5.74, 6) is 0.0330. The van der Waals surface area contributed by atoms with Crippen molar-refractivity contribution in [3.8, 4) is 0 Å². The van der Waals surface area contributed by atoms with Crippen LogP contribution in [-0.2, 0) is 0 Å². The summed E-state index contributed by atoms with van der Waals surface area (Å²) in [6.45, 7) is 1.81. The molecule has 1 aliphatic rings. The molecule has 1 N–H and O–H groups in total. The Bertz CT molecular complexity index is 461. The van der Waals surface area contributed by atoms with E-state index in [0.717, 1.165) is 23.1 Å². The summed E-state index contributed by atoms with van der Waals surface area (Å²) in [6, 6.07) is 5.88. The fourth-order valence-corrected chi connectivity index (χ4v) is 2.86. The van der Waals surface area contributed by atoms with Crippen molar-refractivity contribution in [2.24, 2.45) is 0 Å². The third kappa shape index (κ3) is 4.07. The molecule has 1 fully saturated rings. The molecule has 1 aromatic carbocycles. The lowest BCUT2D eigenvalue weighted by molar-refractivity contribution is 0.0775. The molecule has 19 heavy (non-hydrogen) atoms. The predicted molar refractivity (Wildman–Crippen MR) is 86.8 cm³/mol. The number of hydrogen-bond donors (Lipinski definition) is 1. The highest BCUT2D eigenvalue weighted by atomic mass is 127. The number of nitrogens with one attached hydrogen (secondary N) is 1. The first-order valence-electron chi connectivity index (χ1n) is 6.52. The van der Waals surface area contributed by atoms with Crippen LogP contribution >= 0.6 is 34.2 Å². The van der Waals surface area contributed by atoms with E-state index in [1.165, 1.54) is 12.8 Å². The van der Waals surface area contributed by atoms with Crippen LogP contribution in [0.5, 0.6) is 0 Å². The molecular weight excluding hydrogens is 375 g/mol. The maximum atomic E-state index is 12.3. The smallest absolute Gasteiger partial charge is 0.253 e. The maximum Gasteiger partial charge on any atom is 0.253 e. The Morgan fingerprint density at radius 2 is 2.32 bits per heavy atom. The van der Waals surface area contributed by atoms with Gasteiger partial charge in [-0.25, -0.2) is 0 Å². The average Bonchev–Trinajstić information content (AvgIpc) is 2.42. The van der Waals surface area contributed by atoms with Gasteiger partial charge in [0.25, 0.3) is 5.91 Å². The zero-order valence-corrected chi connectivity index (χ0v) is 13.9. The molecule has 0 aliphatic carbocycles. The molecule has 2 rings (SSSR count). The fraction of sp³-hybridized carbons (Fsp3) is 0.500. The van der Waals surface area contributed by atoms with E-state index < -0.39 is 0 Å². The van der Waals surface area contributed by atoms with Crippen LogP contribution in [0.15, 0.2) is 18.2 Å². The minimum absolute atomic E-state index is 0.0330. The van der Waals surface area contributed by atoms with Crippen molar-refractivity contribution in [2.75, 3.05) is 20.1 Å². The van der Waals surface area contributed by atoms with Crippen molar-refractivity contribution >= 4 is 40.1 Å². The number of amides is 1. The third-order valence-electron chi connectivity index (χ3n) is 3.42. The fourth-order valence-electron chi connectivity index (χ4n) is 2.34. The van der Waals surface area contributed by atoms with Gasteiger partial charge in [0, 0.05) is 28.8 Å². The molecule has 0 aromatic heterocycles. The molecule has 3 nitrogen and oxygen atoms in total. The van der Waals surface area contributed by atoms with Gasteiger partial charge in [-0.1, -0.05) is 18.0 Å². The van der Waals surface area contributed by atoms with Crippen LogP contribution in [0.1, 0.15) is 29.6 Å². The van der Waals surface area contributed by atoms with Crippen molar-refractivity contribution in [3.63, 3.8) is 0 Å². The monoisotopic (exact) mass is 392 g/mol. The molecule has 1 aromatic rings. The standard InChI is InChI=1S/C14H18ClIN2O/c1-18(9-11-4-2-3-7-17-11)14(19)10-5-6-13(16)12(15)8-10/h5-6,8,11,17H,2-4,7,9H2,1H3. The number of carbonyl (C=O) groups is 1. The van der Waals surface area contributed by atoms with Crippen LogP contribution in [0.3, 0.4) is 0 Å². The Labute approximate surface area is 132 Å². The number of likely N-dealkylation sites (N-methyl/N-ethyl adjacent to an activating group) is 1. The summed E-state index contributed by atoms with van der Waals surface area (Å²) < 4.78 is 0.965. The molecule has 1 heterocycles. The SMILES string of the molecule is CN(CC1CCCCN1)C(=O)c1ccc(I)c(Cl)c1. The molecule has 104 valence electrons. The molecule has 0 bridgehead atoms. The second-order valence-corrected chi connectivity index (χ2v) is 6.53. The van der Waals surface area contributed by atoms with Gasteiger partial charge in [-0.3, -0.25) is 4.79 Å². The van der Waals surface area contributed by atoms with Crippen LogP contribution in [0.2, 0.25) is 5.02 Å². The van der Waals surface area contributed by atoms with Gasteiger partial charge in [0.05, 0.1) is 5.02 Å². The number of carbonyl (C=O) groups excluding carboxylic acids is 1. The highest BCUT2D eigenvalue weighted by Crippen LogP contribution is 2.20. The molecule has 0 saturated carbocycles. The zero-order chi connectivity index (χ0) is 13.8. The van der Waals surface area contributed by atoms with Crippen LogP contribution < -0.4 is 5.32 Å². The molecule has 1 atom stereocenters. The Morgan fingerprint density at radius 3 is 2.95 bits per heavy atom. The Morgan fingerprint density at radius 1 is 1.53 bits per heavy atom. The summed E-state index contributed by atoms with van der Waals surface area (Å²) in [6.07, 6.45) is 3.63. The summed E-state index contributed by atoms with van der Waals surface area (Å²) in [4.78, 5) is 14.1. The van der Waals surface area contributed by atoms with E-state index in [2.05, 4.69) is 27.9 Å². The van der Waals surface area contributed by atoms with Crippen molar-refractivity contribution in [2.45, 2.75) is 25.3 Å². The molecule has 0 radical (unpaired) electrons. The molecule has 1 saturated heterocycles. The lowest BCUT2D eigenvalue weighted by Gasteiger charge is -2.28. The van der Waals surface area contributed by atoms with Crippen LogP contribution in [0.25, 0.3) is 0 Å². The summed E-state index contributed by atoms with van der Waals surface area (Å²) in [5, 5.41) is 4.09. The number of rotatable bonds is 3. The first-order chi connectivity index (χ1) is 9.08. The van der Waals surface area contributed by atoms with E-state index in [-0.39, 0.29) is 5.91 Å². The van der Waals surface area contributed by atoms with Crippen molar-refractivity contribution < 1.29 is 4.79 Å². The van der Waals surface area contributed by atoms with Gasteiger partial charge in [-0.15, -0.1) is 0 Å². The van der Waals surface area contributed by atoms with E-state index in [1.807, 2.05) is 19.2 Å². The Hall–Kier alpha value is -0.330. The zero-order valence-electron chi connectivity index (χ0n) is 11.0. The van der Waals surface area contributed by atoms with Gasteiger partial charge in [0.15, 0.2) is 0 Å². The van der Waals surface area contributed by atoms with Gasteiger partial charge in [0.2, 0.25) is 0 Å². The molecular formula is C14H18ClIN2O. The predicted octanol–water partition coefficient (Wildman–Crippen LogP) is 3.16. The number of nitrogens with zero attached hydrogens (tertiary/aromatic N) is 1. The van der Waals surface area contributed by atoms with Crippen LogP contribution in [-0.4, -0.2) is 37.0 Å². The van der Waals surface area contributed by atoms with E-state index in [4.69, 9.17) is 11.6 Å². The Kier molecular flexibility index (Phi) is 5.47. The topological polar surface area (TPSA) is 32.3 Å². The van der Waals surface area contributed by atoms with Crippen molar-refractivity contribution in [1.29, 1.82) is 0 Å². The van der Waals surface area contributed by atoms with Gasteiger partial charge in [-0.2, -0.15) is 0 Å². The van der Waals surface area contributed by atoms with Gasteiger partial charge in [-0.05, 0) is 60.2 Å². The molecule has 1 amide bonds. The third-order valence-corrected chi connectivity index (χ3v) is 4.99. The number of piperidine rings is 1. The number of hydrogen-bond acceptors (Lipinski definition) is 2. The minimum Gasteiger partial charge on any atom is -0.340 e. The maximum absolute atomic E-state index is 12.3. The molecule has 1 aliphatic heterocycles. The summed E-state index contributed by atoms with van der Waals surface area (Å²) in [5.41, 5.74) is 0.656. The highest BCUT2D eigenvalue weighted by Gasteiger charge is 2.19. The number of halogens is 2. The summed E-state index contributed by atoms with van der Waals surface area (Å²) in [7, 11) is 1.85. The first kappa shape index (κ1) is 15.1. The average molecular weight is 393 g/mol. The highest BCUT2D eigenvalue weighted by molar-refractivity contribution is 14.1. The van der Waals surface area contributed by atoms with Crippen molar-refractivity contribution in [1.82, 2.24) is 10.2 Å². The normalized spacial score (nSPS) is 19.2. The second kappa shape index (κ2) is 6.90. The van der Waals surface area contributed by atoms with E-state index in [0.29, 0.717) is 16.6 Å².